The molecule has 3 rings (SSSR count). The molecule has 0 radical (unpaired) electrons. The summed E-state index contributed by atoms with van der Waals surface area (Å²) in [5.41, 5.74) is 8.57. The van der Waals surface area contributed by atoms with E-state index in [4.69, 9.17) is 10.5 Å². The summed E-state index contributed by atoms with van der Waals surface area (Å²) in [5, 5.41) is 0.573. The van der Waals surface area contributed by atoms with Gasteiger partial charge in [0.15, 0.2) is 5.13 Å². The van der Waals surface area contributed by atoms with Crippen LogP contribution in [0.2, 0.25) is 0 Å². The summed E-state index contributed by atoms with van der Waals surface area (Å²) >= 11 is 1.48. The lowest BCUT2D eigenvalue weighted by Gasteiger charge is -2.07. The number of rotatable bonds is 4. The molecule has 5 heteroatoms. The van der Waals surface area contributed by atoms with Crippen molar-refractivity contribution in [2.75, 3.05) is 5.73 Å². The molecule has 0 unspecified atom stereocenters. The van der Waals surface area contributed by atoms with Gasteiger partial charge in [0.1, 0.15) is 18.2 Å². The zero-order chi connectivity index (χ0) is 15.5. The smallest absolute Gasteiger partial charge is 0.180 e. The van der Waals surface area contributed by atoms with Gasteiger partial charge >= 0.3 is 0 Å². The number of benzene rings is 2. The highest BCUT2D eigenvalue weighted by molar-refractivity contribution is 7.15. The highest BCUT2D eigenvalue weighted by Crippen LogP contribution is 2.29. The van der Waals surface area contributed by atoms with Gasteiger partial charge in [-0.1, -0.05) is 12.1 Å². The van der Waals surface area contributed by atoms with E-state index in [2.05, 4.69) is 4.98 Å². The first-order valence-corrected chi connectivity index (χ1v) is 7.64. The molecule has 0 aliphatic rings. The van der Waals surface area contributed by atoms with Gasteiger partial charge < -0.3 is 10.5 Å². The van der Waals surface area contributed by atoms with Crippen molar-refractivity contribution in [3.63, 3.8) is 0 Å². The molecule has 2 aromatic carbocycles. The average molecular weight is 314 g/mol. The normalized spacial score (nSPS) is 10.6. The predicted molar refractivity (Wildman–Crippen MR) is 87.4 cm³/mol. The third-order valence-electron chi connectivity index (χ3n) is 3.26. The number of aromatic nitrogens is 1. The molecule has 0 bridgehead atoms. The molecule has 2 N–H and O–H groups in total. The van der Waals surface area contributed by atoms with Gasteiger partial charge in [-0.3, -0.25) is 0 Å². The Hall–Kier alpha value is -2.40. The molecule has 0 saturated heterocycles. The summed E-state index contributed by atoms with van der Waals surface area (Å²) < 4.78 is 18.5. The Morgan fingerprint density at radius 3 is 2.36 bits per heavy atom. The second kappa shape index (κ2) is 6.15. The molecular weight excluding hydrogens is 299 g/mol. The molecule has 0 spiro atoms. The Bertz CT molecular complexity index is 766. The lowest BCUT2D eigenvalue weighted by molar-refractivity contribution is 0.306. The maximum atomic E-state index is 12.8. The number of hydrogen-bond donors (Lipinski definition) is 1. The Labute approximate surface area is 132 Å². The van der Waals surface area contributed by atoms with E-state index >= 15 is 0 Å². The van der Waals surface area contributed by atoms with E-state index in [0.717, 1.165) is 27.4 Å². The number of ether oxygens (including phenoxy) is 1. The number of nitrogens with zero attached hydrogens (tertiary/aromatic N) is 1. The number of nitrogens with two attached hydrogens (primary N) is 1. The number of halogens is 1. The van der Waals surface area contributed by atoms with E-state index < -0.39 is 0 Å². The van der Waals surface area contributed by atoms with Crippen LogP contribution in [0, 0.1) is 12.7 Å². The van der Waals surface area contributed by atoms with Gasteiger partial charge in [0.25, 0.3) is 0 Å². The largest absolute Gasteiger partial charge is 0.489 e. The minimum atomic E-state index is -0.244. The maximum Gasteiger partial charge on any atom is 0.180 e. The zero-order valence-electron chi connectivity index (χ0n) is 12.0. The minimum Gasteiger partial charge on any atom is -0.489 e. The van der Waals surface area contributed by atoms with Crippen molar-refractivity contribution >= 4 is 16.5 Å². The van der Waals surface area contributed by atoms with Crippen LogP contribution in [0.5, 0.6) is 5.75 Å². The monoisotopic (exact) mass is 314 g/mol. The highest BCUT2D eigenvalue weighted by Gasteiger charge is 2.08. The van der Waals surface area contributed by atoms with E-state index in [1.807, 2.05) is 31.2 Å². The van der Waals surface area contributed by atoms with Gasteiger partial charge in [0, 0.05) is 10.4 Å². The van der Waals surface area contributed by atoms with Crippen LogP contribution in [0.15, 0.2) is 48.5 Å². The van der Waals surface area contributed by atoms with Crippen LogP contribution in [-0.4, -0.2) is 4.98 Å². The number of anilines is 1. The molecule has 0 fully saturated rings. The summed E-state index contributed by atoms with van der Waals surface area (Å²) in [5.74, 6) is 0.514. The standard InChI is InChI=1S/C17H15FN2OS/c1-11-16(20-17(19)22-11)13-4-8-15(9-5-13)21-10-12-2-6-14(18)7-3-12/h2-9H,10H2,1H3,(H2,19,20). The van der Waals surface area contributed by atoms with Gasteiger partial charge in [-0.2, -0.15) is 0 Å². The molecule has 112 valence electrons. The average Bonchev–Trinajstić information content (AvgIpc) is 2.86. The summed E-state index contributed by atoms with van der Waals surface area (Å²) in [4.78, 5) is 5.43. The predicted octanol–water partition coefficient (Wildman–Crippen LogP) is 4.42. The van der Waals surface area contributed by atoms with Gasteiger partial charge in [0.2, 0.25) is 0 Å². The Balaban J connectivity index is 1.69. The number of hydrogen-bond acceptors (Lipinski definition) is 4. The van der Waals surface area contributed by atoms with Gasteiger partial charge in [-0.05, 0) is 48.9 Å². The van der Waals surface area contributed by atoms with Crippen LogP contribution in [-0.2, 0) is 6.61 Å². The van der Waals surface area contributed by atoms with Crippen LogP contribution in [0.3, 0.4) is 0 Å². The van der Waals surface area contributed by atoms with Crippen molar-refractivity contribution < 1.29 is 9.13 Å². The van der Waals surface area contributed by atoms with Crippen LogP contribution in [0.1, 0.15) is 10.4 Å². The second-order valence-corrected chi connectivity index (χ2v) is 6.13. The van der Waals surface area contributed by atoms with Crippen molar-refractivity contribution in [1.29, 1.82) is 0 Å². The van der Waals surface area contributed by atoms with E-state index in [-0.39, 0.29) is 5.82 Å². The van der Waals surface area contributed by atoms with Crippen molar-refractivity contribution in [2.45, 2.75) is 13.5 Å². The lowest BCUT2D eigenvalue weighted by Crippen LogP contribution is -1.95. The highest BCUT2D eigenvalue weighted by atomic mass is 32.1. The summed E-state index contributed by atoms with van der Waals surface area (Å²) in [7, 11) is 0. The third kappa shape index (κ3) is 3.26. The summed E-state index contributed by atoms with van der Waals surface area (Å²) in [6.45, 7) is 2.41. The maximum absolute atomic E-state index is 12.8. The van der Waals surface area contributed by atoms with Gasteiger partial charge in [-0.25, -0.2) is 9.37 Å². The number of aryl methyl sites for hydroxylation is 1. The topological polar surface area (TPSA) is 48.1 Å². The summed E-state index contributed by atoms with van der Waals surface area (Å²) in [6, 6.07) is 14.0. The van der Waals surface area contributed by atoms with Crippen LogP contribution >= 0.6 is 11.3 Å². The van der Waals surface area contributed by atoms with Crippen molar-refractivity contribution in [3.05, 3.63) is 64.8 Å². The van der Waals surface area contributed by atoms with Gasteiger partial charge in [-0.15, -0.1) is 11.3 Å². The molecule has 0 amide bonds. The zero-order valence-corrected chi connectivity index (χ0v) is 12.9. The van der Waals surface area contributed by atoms with E-state index in [9.17, 15) is 4.39 Å². The van der Waals surface area contributed by atoms with Crippen LogP contribution in [0.25, 0.3) is 11.3 Å². The third-order valence-corrected chi connectivity index (χ3v) is 4.06. The molecule has 22 heavy (non-hydrogen) atoms. The number of thiazole rings is 1. The molecular formula is C17H15FN2OS. The molecule has 3 nitrogen and oxygen atoms in total. The first-order chi connectivity index (χ1) is 10.6. The van der Waals surface area contributed by atoms with E-state index in [1.54, 1.807) is 12.1 Å². The quantitative estimate of drug-likeness (QED) is 0.775. The Morgan fingerprint density at radius 1 is 1.09 bits per heavy atom. The molecule has 1 heterocycles. The molecule has 0 aliphatic heterocycles. The van der Waals surface area contributed by atoms with Crippen molar-refractivity contribution in [2.24, 2.45) is 0 Å². The fourth-order valence-corrected chi connectivity index (χ4v) is 2.85. The SMILES string of the molecule is Cc1sc(N)nc1-c1ccc(OCc2ccc(F)cc2)cc1. The molecule has 1 aromatic heterocycles. The lowest BCUT2D eigenvalue weighted by atomic mass is 10.1. The van der Waals surface area contributed by atoms with Crippen molar-refractivity contribution in [3.8, 4) is 17.0 Å². The molecule has 0 aliphatic carbocycles. The second-order valence-electron chi connectivity index (χ2n) is 4.90. The van der Waals surface area contributed by atoms with Crippen LogP contribution < -0.4 is 10.5 Å². The van der Waals surface area contributed by atoms with E-state index in [0.29, 0.717) is 11.7 Å². The van der Waals surface area contributed by atoms with Crippen molar-refractivity contribution in [1.82, 2.24) is 4.98 Å². The first-order valence-electron chi connectivity index (χ1n) is 6.82. The Morgan fingerprint density at radius 2 is 1.77 bits per heavy atom. The van der Waals surface area contributed by atoms with Gasteiger partial charge in [0.05, 0.1) is 5.69 Å². The Kier molecular flexibility index (Phi) is 4.06. The fraction of sp³-hybridized carbons (Fsp3) is 0.118. The first kappa shape index (κ1) is 14.5. The molecule has 0 saturated carbocycles. The number of nitrogen functional groups attached to an aromatic ring is 1. The molecule has 3 aromatic rings. The summed E-state index contributed by atoms with van der Waals surface area (Å²) in [6.07, 6.45) is 0. The minimum absolute atomic E-state index is 0.244. The fourth-order valence-electron chi connectivity index (χ4n) is 2.14. The molecule has 0 atom stereocenters. The van der Waals surface area contributed by atoms with Crippen LogP contribution in [0.4, 0.5) is 9.52 Å². The van der Waals surface area contributed by atoms with E-state index in [1.165, 1.54) is 23.5 Å².